The summed E-state index contributed by atoms with van der Waals surface area (Å²) in [6, 6.07) is 8.10. The van der Waals surface area contributed by atoms with Gasteiger partial charge >= 0.3 is 0 Å². The van der Waals surface area contributed by atoms with Gasteiger partial charge in [-0.1, -0.05) is 23.8 Å². The summed E-state index contributed by atoms with van der Waals surface area (Å²) in [5.41, 5.74) is 3.64. The molecular weight excluding hydrogens is 266 g/mol. The van der Waals surface area contributed by atoms with E-state index in [1.807, 2.05) is 39.0 Å². The van der Waals surface area contributed by atoms with Crippen LogP contribution < -0.4 is 0 Å². The Morgan fingerprint density at radius 3 is 2.62 bits per heavy atom. The zero-order chi connectivity index (χ0) is 14.6. The van der Waals surface area contributed by atoms with Crippen LogP contribution in [0.25, 0.3) is 22.8 Å². The molecular formula is C14H13N7. The minimum absolute atomic E-state index is 0.569. The van der Waals surface area contributed by atoms with E-state index < -0.39 is 0 Å². The number of hydrogen-bond acceptors (Lipinski definition) is 5. The number of aryl methyl sites for hydroxylation is 3. The monoisotopic (exact) mass is 279 g/mol. The predicted molar refractivity (Wildman–Crippen MR) is 77.0 cm³/mol. The summed E-state index contributed by atoms with van der Waals surface area (Å²) in [6.07, 6.45) is 0. The molecule has 3 aromatic heterocycles. The number of hydrogen-bond donors (Lipinski definition) is 0. The van der Waals surface area contributed by atoms with Crippen molar-refractivity contribution in [3.63, 3.8) is 0 Å². The normalized spacial score (nSPS) is 11.6. The molecule has 1 aromatic carbocycles. The molecule has 7 heteroatoms. The van der Waals surface area contributed by atoms with E-state index in [0.29, 0.717) is 17.2 Å². The lowest BCUT2D eigenvalue weighted by atomic mass is 10.1. The molecule has 4 aromatic rings. The lowest BCUT2D eigenvalue weighted by Gasteiger charge is -1.98. The van der Waals surface area contributed by atoms with Crippen LogP contribution >= 0.6 is 0 Å². The molecule has 0 radical (unpaired) electrons. The van der Waals surface area contributed by atoms with Gasteiger partial charge < -0.3 is 0 Å². The molecule has 21 heavy (non-hydrogen) atoms. The van der Waals surface area contributed by atoms with Crippen LogP contribution in [0.2, 0.25) is 0 Å². The summed E-state index contributed by atoms with van der Waals surface area (Å²) >= 11 is 0. The Morgan fingerprint density at radius 1 is 0.952 bits per heavy atom. The van der Waals surface area contributed by atoms with Crippen molar-refractivity contribution in [2.75, 3.05) is 0 Å². The van der Waals surface area contributed by atoms with Crippen molar-refractivity contribution in [3.8, 4) is 11.4 Å². The largest absolute Gasteiger partial charge is 0.275 e. The lowest BCUT2D eigenvalue weighted by Crippen LogP contribution is -2.04. The Hall–Kier alpha value is -2.83. The van der Waals surface area contributed by atoms with Crippen LogP contribution in [0.5, 0.6) is 0 Å². The molecule has 0 spiro atoms. The van der Waals surface area contributed by atoms with Gasteiger partial charge in [0.2, 0.25) is 0 Å². The molecule has 0 saturated carbocycles. The summed E-state index contributed by atoms with van der Waals surface area (Å²) in [4.78, 5) is 4.59. The maximum atomic E-state index is 4.59. The quantitative estimate of drug-likeness (QED) is 0.531. The van der Waals surface area contributed by atoms with Crippen molar-refractivity contribution in [1.82, 2.24) is 34.4 Å². The van der Waals surface area contributed by atoms with Crippen molar-refractivity contribution in [3.05, 3.63) is 41.3 Å². The first kappa shape index (κ1) is 12.0. The standard InChI is InChI=1S/C14H13N7/c1-8-5-4-6-11(7-8)12-15-13-9(2)18-20-10(3)16-17-14(20)21(13)19-12/h4-7H,1-3H3. The SMILES string of the molecule is Cc1cccc(-c2nc3c(C)nn4c(C)nnc4n3n2)c1. The maximum Gasteiger partial charge on any atom is 0.275 e. The third kappa shape index (κ3) is 1.70. The average Bonchev–Trinajstić information content (AvgIpc) is 3.04. The van der Waals surface area contributed by atoms with Crippen LogP contribution in [-0.2, 0) is 0 Å². The number of rotatable bonds is 1. The molecule has 0 N–H and O–H groups in total. The first-order chi connectivity index (χ1) is 10.1. The van der Waals surface area contributed by atoms with Crippen LogP contribution in [0.4, 0.5) is 0 Å². The fraction of sp³-hybridized carbons (Fsp3) is 0.214. The molecule has 0 aliphatic rings. The van der Waals surface area contributed by atoms with Gasteiger partial charge in [0, 0.05) is 5.56 Å². The second kappa shape index (κ2) is 4.08. The van der Waals surface area contributed by atoms with E-state index in [-0.39, 0.29) is 0 Å². The highest BCUT2D eigenvalue weighted by Crippen LogP contribution is 2.19. The van der Waals surface area contributed by atoms with Crippen LogP contribution in [-0.4, -0.2) is 34.4 Å². The Morgan fingerprint density at radius 2 is 1.81 bits per heavy atom. The summed E-state index contributed by atoms with van der Waals surface area (Å²) in [6.45, 7) is 5.81. The van der Waals surface area contributed by atoms with Crippen LogP contribution in [0.1, 0.15) is 17.1 Å². The van der Waals surface area contributed by atoms with Crippen LogP contribution in [0, 0.1) is 20.8 Å². The van der Waals surface area contributed by atoms with Gasteiger partial charge in [-0.2, -0.15) is 14.1 Å². The van der Waals surface area contributed by atoms with Gasteiger partial charge in [0.1, 0.15) is 5.69 Å². The van der Waals surface area contributed by atoms with Gasteiger partial charge in [-0.15, -0.1) is 15.3 Å². The molecule has 4 rings (SSSR count). The van der Waals surface area contributed by atoms with E-state index in [9.17, 15) is 0 Å². The van der Waals surface area contributed by atoms with Crippen molar-refractivity contribution in [2.45, 2.75) is 20.8 Å². The average molecular weight is 279 g/mol. The fourth-order valence-electron chi connectivity index (χ4n) is 2.38. The second-order valence-corrected chi connectivity index (χ2v) is 5.08. The van der Waals surface area contributed by atoms with Crippen molar-refractivity contribution < 1.29 is 0 Å². The summed E-state index contributed by atoms with van der Waals surface area (Å²) in [5.74, 6) is 1.96. The molecule has 0 bridgehead atoms. The summed E-state index contributed by atoms with van der Waals surface area (Å²) in [7, 11) is 0. The summed E-state index contributed by atoms with van der Waals surface area (Å²) in [5, 5.41) is 17.2. The number of benzene rings is 1. The minimum Gasteiger partial charge on any atom is -0.205 e. The molecule has 0 amide bonds. The van der Waals surface area contributed by atoms with E-state index in [1.54, 1.807) is 9.03 Å². The fourth-order valence-corrected chi connectivity index (χ4v) is 2.38. The highest BCUT2D eigenvalue weighted by Gasteiger charge is 2.15. The molecule has 0 aliphatic carbocycles. The number of nitrogens with zero attached hydrogens (tertiary/aromatic N) is 7. The van der Waals surface area contributed by atoms with Crippen molar-refractivity contribution in [2.24, 2.45) is 0 Å². The Balaban J connectivity index is 2.05. The first-order valence-corrected chi connectivity index (χ1v) is 6.66. The molecule has 0 fully saturated rings. The number of aromatic nitrogens is 7. The van der Waals surface area contributed by atoms with E-state index in [4.69, 9.17) is 0 Å². The zero-order valence-electron chi connectivity index (χ0n) is 11.9. The molecule has 0 atom stereocenters. The van der Waals surface area contributed by atoms with Gasteiger partial charge in [0.15, 0.2) is 17.3 Å². The van der Waals surface area contributed by atoms with E-state index in [1.165, 1.54) is 5.56 Å². The van der Waals surface area contributed by atoms with Gasteiger partial charge in [0.05, 0.1) is 0 Å². The Bertz CT molecular complexity index is 980. The third-order valence-electron chi connectivity index (χ3n) is 3.43. The lowest BCUT2D eigenvalue weighted by molar-refractivity contribution is 0.805. The third-order valence-corrected chi connectivity index (χ3v) is 3.43. The second-order valence-electron chi connectivity index (χ2n) is 5.08. The molecule has 0 aliphatic heterocycles. The smallest absolute Gasteiger partial charge is 0.205 e. The van der Waals surface area contributed by atoms with E-state index in [0.717, 1.165) is 17.1 Å². The number of fused-ring (bicyclic) bond motifs is 3. The molecule has 7 nitrogen and oxygen atoms in total. The van der Waals surface area contributed by atoms with Crippen LogP contribution in [0.3, 0.4) is 0 Å². The van der Waals surface area contributed by atoms with Crippen LogP contribution in [0.15, 0.2) is 24.3 Å². The van der Waals surface area contributed by atoms with Gasteiger partial charge in [-0.3, -0.25) is 0 Å². The van der Waals surface area contributed by atoms with E-state index >= 15 is 0 Å². The van der Waals surface area contributed by atoms with Gasteiger partial charge in [-0.05, 0) is 26.8 Å². The molecule has 0 saturated heterocycles. The van der Waals surface area contributed by atoms with Gasteiger partial charge in [-0.25, -0.2) is 4.98 Å². The highest BCUT2D eigenvalue weighted by molar-refractivity contribution is 5.61. The Labute approximate surface area is 120 Å². The van der Waals surface area contributed by atoms with Crippen molar-refractivity contribution >= 4 is 11.4 Å². The highest BCUT2D eigenvalue weighted by atomic mass is 15.5. The first-order valence-electron chi connectivity index (χ1n) is 6.66. The molecule has 3 heterocycles. The minimum atomic E-state index is 0.569. The van der Waals surface area contributed by atoms with Crippen molar-refractivity contribution in [1.29, 1.82) is 0 Å². The Kier molecular flexibility index (Phi) is 2.32. The topological polar surface area (TPSA) is 73.3 Å². The maximum absolute atomic E-state index is 4.59. The van der Waals surface area contributed by atoms with Gasteiger partial charge in [0.25, 0.3) is 5.78 Å². The molecule has 104 valence electrons. The molecule has 0 unspecified atom stereocenters. The summed E-state index contributed by atoms with van der Waals surface area (Å²) < 4.78 is 3.37. The predicted octanol–water partition coefficient (Wildman–Crippen LogP) is 1.76. The van der Waals surface area contributed by atoms with E-state index in [2.05, 4.69) is 31.4 Å². The zero-order valence-corrected chi connectivity index (χ0v) is 11.9.